The highest BCUT2D eigenvalue weighted by Gasteiger charge is 2.51. The molecule has 9 heteroatoms. The van der Waals surface area contributed by atoms with Gasteiger partial charge in [0.2, 0.25) is 0 Å². The van der Waals surface area contributed by atoms with Crippen molar-refractivity contribution in [3.63, 3.8) is 0 Å². The molecule has 0 unspecified atom stereocenters. The molecule has 1 N–H and O–H groups in total. The van der Waals surface area contributed by atoms with E-state index in [0.717, 1.165) is 11.0 Å². The molecular formula is C23H36BF3N2O3. The summed E-state index contributed by atoms with van der Waals surface area (Å²) in [5, 5.41) is 2.77. The molecule has 5 nitrogen and oxygen atoms in total. The number of hydrogen-bond acceptors (Lipinski definition) is 3. The summed E-state index contributed by atoms with van der Waals surface area (Å²) in [4.78, 5) is 14.5. The molecule has 1 aliphatic rings. The standard InChI is InChI=1S/C23H36BF3N2O3/c1-8-19(13-14-23(25,26)27)28-20(30)29(9-2)16(3)17-11-10-12-18(15-17)24-31-21(4,5)22(6,7)32-24/h10-12,15-16,19H,8-9,13-14H2,1-7H3,(H,28,30)/t16-,19-/m1/s1. The van der Waals surface area contributed by atoms with Crippen molar-refractivity contribution in [2.45, 2.75) is 97.2 Å². The Labute approximate surface area is 190 Å². The third kappa shape index (κ3) is 6.41. The van der Waals surface area contributed by atoms with Crippen molar-refractivity contribution >= 4 is 18.6 Å². The average molecular weight is 456 g/mol. The summed E-state index contributed by atoms with van der Waals surface area (Å²) < 4.78 is 50.0. The van der Waals surface area contributed by atoms with Crippen LogP contribution < -0.4 is 10.8 Å². The van der Waals surface area contributed by atoms with Gasteiger partial charge in [-0.25, -0.2) is 4.79 Å². The maximum absolute atomic E-state index is 12.9. The van der Waals surface area contributed by atoms with E-state index >= 15 is 0 Å². The lowest BCUT2D eigenvalue weighted by Gasteiger charge is -2.32. The van der Waals surface area contributed by atoms with Gasteiger partial charge in [0.25, 0.3) is 0 Å². The number of benzene rings is 1. The smallest absolute Gasteiger partial charge is 0.399 e. The highest BCUT2D eigenvalue weighted by atomic mass is 19.4. The maximum Gasteiger partial charge on any atom is 0.494 e. The van der Waals surface area contributed by atoms with Crippen LogP contribution in [-0.4, -0.2) is 48.0 Å². The van der Waals surface area contributed by atoms with Gasteiger partial charge in [0.1, 0.15) is 0 Å². The Morgan fingerprint density at radius 3 is 2.25 bits per heavy atom. The van der Waals surface area contributed by atoms with Gasteiger partial charge in [-0.1, -0.05) is 31.2 Å². The zero-order valence-electron chi connectivity index (χ0n) is 20.2. The molecule has 1 aromatic rings. The number of urea groups is 1. The molecule has 1 aliphatic heterocycles. The van der Waals surface area contributed by atoms with Gasteiger partial charge in [0, 0.05) is 19.0 Å². The van der Waals surface area contributed by atoms with E-state index in [9.17, 15) is 18.0 Å². The van der Waals surface area contributed by atoms with Crippen LogP contribution in [0.3, 0.4) is 0 Å². The number of hydrogen-bond donors (Lipinski definition) is 1. The zero-order valence-corrected chi connectivity index (χ0v) is 20.2. The van der Waals surface area contributed by atoms with E-state index in [0.29, 0.717) is 13.0 Å². The van der Waals surface area contributed by atoms with Gasteiger partial charge in [-0.3, -0.25) is 0 Å². The van der Waals surface area contributed by atoms with Crippen LogP contribution in [0.5, 0.6) is 0 Å². The fraction of sp³-hybridized carbons (Fsp3) is 0.696. The molecule has 1 aromatic carbocycles. The largest absolute Gasteiger partial charge is 0.494 e. The fourth-order valence-electron chi connectivity index (χ4n) is 3.69. The van der Waals surface area contributed by atoms with Gasteiger partial charge >= 0.3 is 19.3 Å². The Morgan fingerprint density at radius 1 is 1.16 bits per heavy atom. The lowest BCUT2D eigenvalue weighted by atomic mass is 9.78. The molecule has 0 spiro atoms. The third-order valence-electron chi connectivity index (χ3n) is 6.58. The Bertz CT molecular complexity index is 770. The molecule has 2 rings (SSSR count). The minimum atomic E-state index is -4.23. The molecule has 0 bridgehead atoms. The van der Waals surface area contributed by atoms with Crippen LogP contribution in [0.1, 0.15) is 79.3 Å². The minimum absolute atomic E-state index is 0.130. The quantitative estimate of drug-likeness (QED) is 0.548. The van der Waals surface area contributed by atoms with E-state index in [4.69, 9.17) is 9.31 Å². The Hall–Kier alpha value is -1.74. The van der Waals surface area contributed by atoms with Crippen molar-refractivity contribution in [2.24, 2.45) is 0 Å². The predicted octanol–water partition coefficient (Wildman–Crippen LogP) is 5.20. The average Bonchev–Trinajstić information content (AvgIpc) is 2.92. The van der Waals surface area contributed by atoms with Crippen LogP contribution in [0.15, 0.2) is 24.3 Å². The van der Waals surface area contributed by atoms with Crippen molar-refractivity contribution in [2.75, 3.05) is 6.54 Å². The van der Waals surface area contributed by atoms with E-state index < -0.39 is 37.0 Å². The van der Waals surface area contributed by atoms with E-state index in [1.807, 2.05) is 65.8 Å². The minimum Gasteiger partial charge on any atom is -0.399 e. The summed E-state index contributed by atoms with van der Waals surface area (Å²) >= 11 is 0. The van der Waals surface area contributed by atoms with Gasteiger partial charge in [0.05, 0.1) is 17.2 Å². The molecule has 0 radical (unpaired) electrons. The Kier molecular flexibility index (Phi) is 8.32. The number of carbonyl (C=O) groups is 1. The number of nitrogens with zero attached hydrogens (tertiary/aromatic N) is 1. The number of halogens is 3. The summed E-state index contributed by atoms with van der Waals surface area (Å²) in [5.74, 6) is 0. The molecule has 0 saturated carbocycles. The van der Waals surface area contributed by atoms with Gasteiger partial charge < -0.3 is 19.5 Å². The number of nitrogens with one attached hydrogen (secondary N) is 1. The maximum atomic E-state index is 12.9. The number of alkyl halides is 3. The van der Waals surface area contributed by atoms with Gasteiger partial charge in [0.15, 0.2) is 0 Å². The molecule has 2 atom stereocenters. The second kappa shape index (κ2) is 10.0. The van der Waals surface area contributed by atoms with Crippen molar-refractivity contribution < 1.29 is 27.3 Å². The third-order valence-corrected chi connectivity index (χ3v) is 6.58. The first kappa shape index (κ1) is 26.5. The molecule has 0 aliphatic carbocycles. The van der Waals surface area contributed by atoms with Crippen LogP contribution in [0.4, 0.5) is 18.0 Å². The normalized spacial score (nSPS) is 19.5. The fourth-order valence-corrected chi connectivity index (χ4v) is 3.69. The Morgan fingerprint density at radius 2 is 1.75 bits per heavy atom. The first-order valence-electron chi connectivity index (χ1n) is 11.3. The summed E-state index contributed by atoms with van der Waals surface area (Å²) in [5.41, 5.74) is 0.846. The molecule has 0 aromatic heterocycles. The van der Waals surface area contributed by atoms with Gasteiger partial charge in [-0.05, 0) is 65.4 Å². The first-order valence-corrected chi connectivity index (χ1v) is 11.3. The van der Waals surface area contributed by atoms with Crippen LogP contribution in [0, 0.1) is 0 Å². The van der Waals surface area contributed by atoms with Crippen molar-refractivity contribution in [3.8, 4) is 0 Å². The van der Waals surface area contributed by atoms with Crippen molar-refractivity contribution in [1.29, 1.82) is 0 Å². The molecule has 2 amide bonds. The summed E-state index contributed by atoms with van der Waals surface area (Å²) in [6.07, 6.45) is -4.84. The van der Waals surface area contributed by atoms with Crippen molar-refractivity contribution in [3.05, 3.63) is 29.8 Å². The van der Waals surface area contributed by atoms with Gasteiger partial charge in [-0.2, -0.15) is 13.2 Å². The van der Waals surface area contributed by atoms with Crippen LogP contribution in [-0.2, 0) is 9.31 Å². The molecule has 32 heavy (non-hydrogen) atoms. The van der Waals surface area contributed by atoms with E-state index in [-0.39, 0.29) is 18.5 Å². The summed E-state index contributed by atoms with van der Waals surface area (Å²) in [7, 11) is -0.511. The van der Waals surface area contributed by atoms with E-state index in [2.05, 4.69) is 5.32 Å². The Balaban J connectivity index is 2.12. The lowest BCUT2D eigenvalue weighted by molar-refractivity contribution is -0.136. The molecule has 1 heterocycles. The number of amides is 2. The number of rotatable bonds is 8. The topological polar surface area (TPSA) is 50.8 Å². The molecule has 180 valence electrons. The second-order valence-electron chi connectivity index (χ2n) is 9.43. The molecule has 1 saturated heterocycles. The zero-order chi connectivity index (χ0) is 24.3. The summed E-state index contributed by atoms with van der Waals surface area (Å²) in [6, 6.07) is 6.55. The second-order valence-corrected chi connectivity index (χ2v) is 9.43. The van der Waals surface area contributed by atoms with Gasteiger partial charge in [-0.15, -0.1) is 0 Å². The van der Waals surface area contributed by atoms with Crippen LogP contribution in [0.2, 0.25) is 0 Å². The first-order chi connectivity index (χ1) is 14.7. The predicted molar refractivity (Wildman–Crippen MR) is 121 cm³/mol. The SMILES string of the molecule is CC[C@H](CCC(F)(F)F)NC(=O)N(CC)[C@H](C)c1cccc(B2OC(C)(C)C(C)(C)O2)c1. The van der Waals surface area contributed by atoms with E-state index in [1.54, 1.807) is 11.8 Å². The van der Waals surface area contributed by atoms with Crippen LogP contribution in [0.25, 0.3) is 0 Å². The molecular weight excluding hydrogens is 420 g/mol. The highest BCUT2D eigenvalue weighted by molar-refractivity contribution is 6.62. The molecule has 1 fully saturated rings. The monoisotopic (exact) mass is 456 g/mol. The lowest BCUT2D eigenvalue weighted by Crippen LogP contribution is -2.46. The highest BCUT2D eigenvalue weighted by Crippen LogP contribution is 2.36. The number of carbonyl (C=O) groups excluding carboxylic acids is 1. The van der Waals surface area contributed by atoms with E-state index in [1.165, 1.54) is 0 Å². The van der Waals surface area contributed by atoms with Crippen molar-refractivity contribution in [1.82, 2.24) is 10.2 Å². The summed E-state index contributed by atoms with van der Waals surface area (Å²) in [6.45, 7) is 13.9. The van der Waals surface area contributed by atoms with Crippen LogP contribution >= 0.6 is 0 Å².